The molecule has 0 heterocycles. The molecule has 1 rings (SSSR count). The van der Waals surface area contributed by atoms with E-state index < -0.39 is 20.5 Å². The van der Waals surface area contributed by atoms with Crippen LogP contribution in [0, 0.1) is 0 Å². The van der Waals surface area contributed by atoms with Crippen molar-refractivity contribution < 1.29 is 17.9 Å². The predicted octanol–water partition coefficient (Wildman–Crippen LogP) is 3.07. The maximum Gasteiger partial charge on any atom is 0.162 e. The third kappa shape index (κ3) is 3.68. The van der Waals surface area contributed by atoms with Gasteiger partial charge in [0.05, 0.1) is 24.8 Å². The SMILES string of the molecule is COc1cc(Cl)c(C(Cl)C(C)S(C)(=O)=O)cc1OC. The van der Waals surface area contributed by atoms with Gasteiger partial charge in [0.2, 0.25) is 0 Å². The van der Waals surface area contributed by atoms with Gasteiger partial charge in [0.15, 0.2) is 21.3 Å². The van der Waals surface area contributed by atoms with E-state index in [0.29, 0.717) is 22.1 Å². The molecule has 0 amide bonds. The molecule has 0 fully saturated rings. The quantitative estimate of drug-likeness (QED) is 0.780. The highest BCUT2D eigenvalue weighted by Gasteiger charge is 2.28. The van der Waals surface area contributed by atoms with Crippen LogP contribution in [0.1, 0.15) is 17.9 Å². The van der Waals surface area contributed by atoms with Crippen LogP contribution in [0.25, 0.3) is 0 Å². The highest BCUT2D eigenvalue weighted by molar-refractivity contribution is 7.91. The van der Waals surface area contributed by atoms with Crippen LogP contribution in [0.5, 0.6) is 11.5 Å². The Hall–Kier alpha value is -0.650. The zero-order valence-electron chi connectivity index (χ0n) is 11.1. The van der Waals surface area contributed by atoms with E-state index in [0.717, 1.165) is 6.26 Å². The van der Waals surface area contributed by atoms with Crippen molar-refractivity contribution in [1.82, 2.24) is 0 Å². The van der Waals surface area contributed by atoms with E-state index in [4.69, 9.17) is 32.7 Å². The lowest BCUT2D eigenvalue weighted by Crippen LogP contribution is -2.21. The number of sulfone groups is 1. The number of halogens is 2. The van der Waals surface area contributed by atoms with Gasteiger partial charge in [0, 0.05) is 17.3 Å². The van der Waals surface area contributed by atoms with Crippen molar-refractivity contribution in [2.24, 2.45) is 0 Å². The molecule has 1 aromatic carbocycles. The van der Waals surface area contributed by atoms with E-state index in [1.165, 1.54) is 14.2 Å². The average Bonchev–Trinajstić information content (AvgIpc) is 2.35. The van der Waals surface area contributed by atoms with Crippen molar-refractivity contribution in [3.63, 3.8) is 0 Å². The van der Waals surface area contributed by atoms with Gasteiger partial charge in [-0.25, -0.2) is 8.42 Å². The first kappa shape index (κ1) is 16.4. The van der Waals surface area contributed by atoms with Gasteiger partial charge >= 0.3 is 0 Å². The number of ether oxygens (including phenoxy) is 2. The van der Waals surface area contributed by atoms with Gasteiger partial charge in [-0.3, -0.25) is 0 Å². The molecular weight excluding hydrogens is 311 g/mol. The molecule has 0 bridgehead atoms. The Balaban J connectivity index is 3.28. The summed E-state index contributed by atoms with van der Waals surface area (Å²) in [6.45, 7) is 1.54. The van der Waals surface area contributed by atoms with E-state index in [1.54, 1.807) is 19.1 Å². The molecule has 0 saturated heterocycles. The number of hydrogen-bond donors (Lipinski definition) is 0. The molecule has 1 aromatic rings. The lowest BCUT2D eigenvalue weighted by atomic mass is 10.1. The third-order valence-corrected chi connectivity index (χ3v) is 5.60. The fraction of sp³-hybridized carbons (Fsp3) is 0.500. The van der Waals surface area contributed by atoms with Crippen LogP contribution in [-0.2, 0) is 9.84 Å². The summed E-state index contributed by atoms with van der Waals surface area (Å²) in [7, 11) is -0.289. The van der Waals surface area contributed by atoms with E-state index in [-0.39, 0.29) is 0 Å². The van der Waals surface area contributed by atoms with E-state index >= 15 is 0 Å². The van der Waals surface area contributed by atoms with Crippen LogP contribution in [0.4, 0.5) is 0 Å². The molecule has 2 unspecified atom stereocenters. The normalized spacial score (nSPS) is 14.8. The smallest absolute Gasteiger partial charge is 0.162 e. The molecule has 108 valence electrons. The summed E-state index contributed by atoms with van der Waals surface area (Å²) >= 11 is 12.3. The molecule has 0 aliphatic heterocycles. The van der Waals surface area contributed by atoms with Crippen molar-refractivity contribution in [1.29, 1.82) is 0 Å². The molecular formula is C12H16Cl2O4S. The lowest BCUT2D eigenvalue weighted by molar-refractivity contribution is 0.354. The minimum atomic E-state index is -3.26. The van der Waals surface area contributed by atoms with Crippen molar-refractivity contribution in [2.75, 3.05) is 20.5 Å². The molecule has 2 atom stereocenters. The van der Waals surface area contributed by atoms with Crippen molar-refractivity contribution in [3.8, 4) is 11.5 Å². The van der Waals surface area contributed by atoms with Crippen molar-refractivity contribution >= 4 is 33.0 Å². The Morgan fingerprint density at radius 1 is 1.16 bits per heavy atom. The Bertz CT molecular complexity index is 557. The minimum Gasteiger partial charge on any atom is -0.493 e. The maximum absolute atomic E-state index is 11.6. The highest BCUT2D eigenvalue weighted by atomic mass is 35.5. The zero-order valence-corrected chi connectivity index (χ0v) is 13.4. The molecule has 7 heteroatoms. The second kappa shape index (κ2) is 6.20. The van der Waals surface area contributed by atoms with Crippen LogP contribution in [0.3, 0.4) is 0 Å². The summed E-state index contributed by atoms with van der Waals surface area (Å²) in [6.07, 6.45) is 1.14. The van der Waals surface area contributed by atoms with E-state index in [1.807, 2.05) is 0 Å². The maximum atomic E-state index is 11.6. The first-order chi connectivity index (χ1) is 8.72. The van der Waals surface area contributed by atoms with E-state index in [9.17, 15) is 8.42 Å². The molecule has 0 aliphatic carbocycles. The molecule has 0 radical (unpaired) electrons. The summed E-state index contributed by atoms with van der Waals surface area (Å²) in [6, 6.07) is 3.15. The Kier molecular flexibility index (Phi) is 5.35. The summed E-state index contributed by atoms with van der Waals surface area (Å²) in [4.78, 5) is 0. The second-order valence-corrected chi connectivity index (χ2v) is 7.45. The molecule has 0 N–H and O–H groups in total. The van der Waals surface area contributed by atoms with Gasteiger partial charge in [-0.2, -0.15) is 0 Å². The molecule has 4 nitrogen and oxygen atoms in total. The minimum absolute atomic E-state index is 0.341. The largest absolute Gasteiger partial charge is 0.493 e. The number of methoxy groups -OCH3 is 2. The summed E-state index contributed by atoms with van der Waals surface area (Å²) in [5.74, 6) is 0.917. The molecule has 0 aromatic heterocycles. The van der Waals surface area contributed by atoms with E-state index in [2.05, 4.69) is 0 Å². The second-order valence-electron chi connectivity index (χ2n) is 4.17. The number of benzene rings is 1. The molecule has 0 saturated carbocycles. The fourth-order valence-electron chi connectivity index (χ4n) is 1.55. The van der Waals surface area contributed by atoms with Crippen LogP contribution >= 0.6 is 23.2 Å². The Morgan fingerprint density at radius 2 is 1.63 bits per heavy atom. The monoisotopic (exact) mass is 326 g/mol. The van der Waals surface area contributed by atoms with Crippen LogP contribution < -0.4 is 9.47 Å². The van der Waals surface area contributed by atoms with Gasteiger partial charge in [0.25, 0.3) is 0 Å². The fourth-order valence-corrected chi connectivity index (χ4v) is 3.20. The van der Waals surface area contributed by atoms with Gasteiger partial charge in [-0.15, -0.1) is 11.6 Å². The number of rotatable bonds is 5. The van der Waals surface area contributed by atoms with Gasteiger partial charge in [-0.1, -0.05) is 11.6 Å². The molecule has 19 heavy (non-hydrogen) atoms. The van der Waals surface area contributed by atoms with Crippen LogP contribution in [0.2, 0.25) is 5.02 Å². The summed E-state index contributed by atoms with van der Waals surface area (Å²) in [5.41, 5.74) is 0.499. The first-order valence-corrected chi connectivity index (χ1v) is 8.23. The Labute approximate surface area is 123 Å². The standard InChI is InChI=1S/C12H16Cl2O4S/c1-7(19(4,15)16)12(14)8-5-10(17-2)11(18-3)6-9(8)13/h5-7,12H,1-4H3. The molecule has 0 spiro atoms. The average molecular weight is 327 g/mol. The zero-order chi connectivity index (χ0) is 14.8. The van der Waals surface area contributed by atoms with Crippen molar-refractivity contribution in [3.05, 3.63) is 22.7 Å². The summed E-state index contributed by atoms with van der Waals surface area (Å²) in [5, 5.41) is -1.18. The van der Waals surface area contributed by atoms with Crippen molar-refractivity contribution in [2.45, 2.75) is 17.6 Å². The summed E-state index contributed by atoms with van der Waals surface area (Å²) < 4.78 is 33.4. The topological polar surface area (TPSA) is 52.6 Å². The number of hydrogen-bond acceptors (Lipinski definition) is 4. The van der Waals surface area contributed by atoms with Crippen LogP contribution in [0.15, 0.2) is 12.1 Å². The van der Waals surface area contributed by atoms with Gasteiger partial charge in [-0.05, 0) is 18.6 Å². The Morgan fingerprint density at radius 3 is 2.05 bits per heavy atom. The highest BCUT2D eigenvalue weighted by Crippen LogP contribution is 2.40. The first-order valence-electron chi connectivity index (χ1n) is 5.46. The number of alkyl halides is 1. The molecule has 0 aliphatic rings. The lowest BCUT2D eigenvalue weighted by Gasteiger charge is -2.19. The van der Waals surface area contributed by atoms with Crippen LogP contribution in [-0.4, -0.2) is 34.1 Å². The van der Waals surface area contributed by atoms with Gasteiger partial charge < -0.3 is 9.47 Å². The predicted molar refractivity (Wildman–Crippen MR) is 77.5 cm³/mol. The third-order valence-electron chi connectivity index (χ3n) is 2.89. The van der Waals surface area contributed by atoms with Gasteiger partial charge in [0.1, 0.15) is 0 Å².